The first kappa shape index (κ1) is 15.5. The maximum absolute atomic E-state index is 3.41. The molecule has 20 heavy (non-hydrogen) atoms. The fourth-order valence-corrected chi connectivity index (χ4v) is 2.77. The average Bonchev–Trinajstić information content (AvgIpc) is 2.44. The molecule has 1 aliphatic rings. The molecule has 0 saturated carbocycles. The van der Waals surface area contributed by atoms with Crippen molar-refractivity contribution in [3.63, 3.8) is 0 Å². The van der Waals surface area contributed by atoms with Crippen molar-refractivity contribution in [1.82, 2.24) is 10.2 Å². The lowest BCUT2D eigenvalue weighted by Gasteiger charge is -2.27. The van der Waals surface area contributed by atoms with Crippen LogP contribution in [0, 0.1) is 0 Å². The standard InChI is InChI=1S/C18H30N2/c1-18(2,3)17-9-7-16(8-10-17)6-4-5-13-20-14-11-19-12-15-20/h7-10,19H,4-6,11-15H2,1-3H3. The summed E-state index contributed by atoms with van der Waals surface area (Å²) in [6.45, 7) is 12.9. The Morgan fingerprint density at radius 3 is 2.25 bits per heavy atom. The molecule has 112 valence electrons. The van der Waals surface area contributed by atoms with Crippen LogP contribution < -0.4 is 5.32 Å². The molecule has 0 aliphatic carbocycles. The summed E-state index contributed by atoms with van der Waals surface area (Å²) in [5.41, 5.74) is 3.18. The monoisotopic (exact) mass is 274 g/mol. The Hall–Kier alpha value is -0.860. The number of benzene rings is 1. The van der Waals surface area contributed by atoms with Gasteiger partial charge in [0, 0.05) is 26.2 Å². The Morgan fingerprint density at radius 2 is 1.65 bits per heavy atom. The van der Waals surface area contributed by atoms with Crippen molar-refractivity contribution >= 4 is 0 Å². The Balaban J connectivity index is 1.68. The zero-order valence-corrected chi connectivity index (χ0v) is 13.4. The lowest BCUT2D eigenvalue weighted by molar-refractivity contribution is 0.237. The Morgan fingerprint density at radius 1 is 1.00 bits per heavy atom. The van der Waals surface area contributed by atoms with Crippen molar-refractivity contribution in [2.75, 3.05) is 32.7 Å². The van der Waals surface area contributed by atoms with E-state index in [-0.39, 0.29) is 5.41 Å². The smallest absolute Gasteiger partial charge is 0.0107 e. The first-order chi connectivity index (χ1) is 9.55. The van der Waals surface area contributed by atoms with E-state index in [1.807, 2.05) is 0 Å². The van der Waals surface area contributed by atoms with Gasteiger partial charge in [0.05, 0.1) is 0 Å². The zero-order valence-electron chi connectivity index (χ0n) is 13.4. The molecule has 1 fully saturated rings. The fraction of sp³-hybridized carbons (Fsp3) is 0.667. The van der Waals surface area contributed by atoms with E-state index in [1.165, 1.54) is 50.0 Å². The number of hydrogen-bond donors (Lipinski definition) is 1. The predicted octanol–water partition coefficient (Wildman–Crippen LogP) is 3.21. The van der Waals surface area contributed by atoms with E-state index in [0.29, 0.717) is 0 Å². The second-order valence-corrected chi connectivity index (χ2v) is 7.00. The highest BCUT2D eigenvalue weighted by atomic mass is 15.2. The van der Waals surface area contributed by atoms with Crippen LogP contribution >= 0.6 is 0 Å². The van der Waals surface area contributed by atoms with Crippen molar-refractivity contribution in [1.29, 1.82) is 0 Å². The molecule has 1 aromatic carbocycles. The van der Waals surface area contributed by atoms with Gasteiger partial charge in [-0.2, -0.15) is 0 Å². The van der Waals surface area contributed by atoms with Gasteiger partial charge in [0.15, 0.2) is 0 Å². The largest absolute Gasteiger partial charge is 0.314 e. The van der Waals surface area contributed by atoms with Crippen LogP contribution in [-0.2, 0) is 11.8 Å². The first-order valence-corrected chi connectivity index (χ1v) is 8.08. The van der Waals surface area contributed by atoms with Crippen LogP contribution in [0.1, 0.15) is 44.7 Å². The van der Waals surface area contributed by atoms with Crippen LogP contribution in [0.5, 0.6) is 0 Å². The van der Waals surface area contributed by atoms with E-state index < -0.39 is 0 Å². The van der Waals surface area contributed by atoms with Crippen molar-refractivity contribution < 1.29 is 0 Å². The molecule has 0 aromatic heterocycles. The Labute approximate surface area is 124 Å². The van der Waals surface area contributed by atoms with Gasteiger partial charge >= 0.3 is 0 Å². The quantitative estimate of drug-likeness (QED) is 0.830. The fourth-order valence-electron chi connectivity index (χ4n) is 2.77. The molecule has 0 bridgehead atoms. The summed E-state index contributed by atoms with van der Waals surface area (Å²) in [5.74, 6) is 0. The zero-order chi connectivity index (χ0) is 14.4. The van der Waals surface area contributed by atoms with Gasteiger partial charge in [-0.15, -0.1) is 0 Å². The first-order valence-electron chi connectivity index (χ1n) is 8.08. The summed E-state index contributed by atoms with van der Waals surface area (Å²) in [4.78, 5) is 2.58. The summed E-state index contributed by atoms with van der Waals surface area (Å²) in [6, 6.07) is 9.22. The maximum atomic E-state index is 3.41. The van der Waals surface area contributed by atoms with Gasteiger partial charge < -0.3 is 10.2 Å². The molecule has 2 heteroatoms. The summed E-state index contributed by atoms with van der Waals surface area (Å²) >= 11 is 0. The molecule has 0 unspecified atom stereocenters. The van der Waals surface area contributed by atoms with Crippen LogP contribution in [0.2, 0.25) is 0 Å². The number of aryl methyl sites for hydroxylation is 1. The number of rotatable bonds is 5. The topological polar surface area (TPSA) is 15.3 Å². The number of nitrogens with one attached hydrogen (secondary N) is 1. The van der Waals surface area contributed by atoms with E-state index >= 15 is 0 Å². The van der Waals surface area contributed by atoms with Crippen LogP contribution in [0.15, 0.2) is 24.3 Å². The molecule has 1 N–H and O–H groups in total. The molecule has 0 atom stereocenters. The molecule has 2 rings (SSSR count). The third-order valence-corrected chi connectivity index (χ3v) is 4.22. The molecule has 1 saturated heterocycles. The van der Waals surface area contributed by atoms with Gasteiger partial charge in [-0.3, -0.25) is 0 Å². The molecule has 0 radical (unpaired) electrons. The van der Waals surface area contributed by atoms with Gasteiger partial charge in [0.25, 0.3) is 0 Å². The molecule has 0 spiro atoms. The molecule has 1 aromatic rings. The lowest BCUT2D eigenvalue weighted by atomic mass is 9.86. The van der Waals surface area contributed by atoms with Gasteiger partial charge in [-0.25, -0.2) is 0 Å². The summed E-state index contributed by atoms with van der Waals surface area (Å²) < 4.78 is 0. The molecular formula is C18H30N2. The third kappa shape index (κ3) is 4.92. The highest BCUT2D eigenvalue weighted by Crippen LogP contribution is 2.22. The van der Waals surface area contributed by atoms with E-state index in [2.05, 4.69) is 55.3 Å². The van der Waals surface area contributed by atoms with Crippen LogP contribution in [0.25, 0.3) is 0 Å². The van der Waals surface area contributed by atoms with Crippen molar-refractivity contribution in [3.05, 3.63) is 35.4 Å². The number of nitrogens with zero attached hydrogens (tertiary/aromatic N) is 1. The van der Waals surface area contributed by atoms with E-state index in [1.54, 1.807) is 0 Å². The van der Waals surface area contributed by atoms with Gasteiger partial charge in [-0.1, -0.05) is 45.0 Å². The third-order valence-electron chi connectivity index (χ3n) is 4.22. The normalized spacial score (nSPS) is 17.4. The van der Waals surface area contributed by atoms with Crippen molar-refractivity contribution in [3.8, 4) is 0 Å². The van der Waals surface area contributed by atoms with Crippen molar-refractivity contribution in [2.45, 2.75) is 45.4 Å². The molecule has 1 heterocycles. The molecule has 2 nitrogen and oxygen atoms in total. The Bertz CT molecular complexity index is 383. The van der Waals surface area contributed by atoms with Gasteiger partial charge in [-0.05, 0) is 42.3 Å². The highest BCUT2D eigenvalue weighted by molar-refractivity contribution is 5.27. The van der Waals surface area contributed by atoms with E-state index in [4.69, 9.17) is 0 Å². The van der Waals surface area contributed by atoms with Crippen LogP contribution in [0.3, 0.4) is 0 Å². The minimum absolute atomic E-state index is 0.265. The summed E-state index contributed by atoms with van der Waals surface area (Å²) in [6.07, 6.45) is 3.84. The summed E-state index contributed by atoms with van der Waals surface area (Å²) in [7, 11) is 0. The van der Waals surface area contributed by atoms with Crippen LogP contribution in [-0.4, -0.2) is 37.6 Å². The lowest BCUT2D eigenvalue weighted by Crippen LogP contribution is -2.43. The minimum atomic E-state index is 0.265. The molecule has 0 amide bonds. The van der Waals surface area contributed by atoms with Gasteiger partial charge in [0.1, 0.15) is 0 Å². The highest BCUT2D eigenvalue weighted by Gasteiger charge is 2.12. The predicted molar refractivity (Wildman–Crippen MR) is 87.4 cm³/mol. The van der Waals surface area contributed by atoms with Gasteiger partial charge in [0.2, 0.25) is 0 Å². The van der Waals surface area contributed by atoms with Crippen molar-refractivity contribution in [2.24, 2.45) is 0 Å². The van der Waals surface area contributed by atoms with E-state index in [0.717, 1.165) is 13.1 Å². The molecule has 1 aliphatic heterocycles. The minimum Gasteiger partial charge on any atom is -0.314 e. The Kier molecular flexibility index (Phi) is 5.62. The SMILES string of the molecule is CC(C)(C)c1ccc(CCCCN2CCNCC2)cc1. The molecular weight excluding hydrogens is 244 g/mol. The summed E-state index contributed by atoms with van der Waals surface area (Å²) in [5, 5.41) is 3.41. The number of unbranched alkanes of at least 4 members (excludes halogenated alkanes) is 1. The second kappa shape index (κ2) is 7.24. The maximum Gasteiger partial charge on any atom is 0.0107 e. The second-order valence-electron chi connectivity index (χ2n) is 7.00. The number of hydrogen-bond acceptors (Lipinski definition) is 2. The van der Waals surface area contributed by atoms with Crippen LogP contribution in [0.4, 0.5) is 0 Å². The number of piperazine rings is 1. The van der Waals surface area contributed by atoms with E-state index in [9.17, 15) is 0 Å². The average molecular weight is 274 g/mol.